The standard InChI is InChI=1S/C12H23N3O8/c13-1-5-21-10(19)8-12(7-9(17)18,23-15-3-4-16)11(20)22-6-2-14/h15-16H,1-8,13-14H2,(H,17,18). The third-order valence-electron chi connectivity index (χ3n) is 2.45. The van der Waals surface area contributed by atoms with Gasteiger partial charge in [0.2, 0.25) is 5.60 Å². The Balaban J connectivity index is 5.22. The van der Waals surface area contributed by atoms with Gasteiger partial charge in [-0.1, -0.05) is 0 Å². The summed E-state index contributed by atoms with van der Waals surface area (Å²) < 4.78 is 9.55. The van der Waals surface area contributed by atoms with Crippen LogP contribution in [0.4, 0.5) is 0 Å². The minimum Gasteiger partial charge on any atom is -0.481 e. The van der Waals surface area contributed by atoms with Crippen LogP contribution in [0.25, 0.3) is 0 Å². The van der Waals surface area contributed by atoms with Crippen LogP contribution in [0.1, 0.15) is 12.8 Å². The van der Waals surface area contributed by atoms with Crippen molar-refractivity contribution in [1.82, 2.24) is 5.48 Å². The summed E-state index contributed by atoms with van der Waals surface area (Å²) in [7, 11) is 0. The smallest absolute Gasteiger partial charge is 0.341 e. The number of ether oxygens (including phenoxy) is 2. The van der Waals surface area contributed by atoms with Crippen molar-refractivity contribution >= 4 is 17.9 Å². The number of aliphatic hydroxyl groups excluding tert-OH is 1. The molecule has 1 unspecified atom stereocenters. The first-order valence-electron chi connectivity index (χ1n) is 6.88. The van der Waals surface area contributed by atoms with Gasteiger partial charge in [-0.05, 0) is 0 Å². The highest BCUT2D eigenvalue weighted by Crippen LogP contribution is 2.23. The molecule has 0 saturated heterocycles. The number of nitrogens with one attached hydrogen (secondary N) is 1. The number of rotatable bonds is 13. The zero-order valence-electron chi connectivity index (χ0n) is 12.7. The van der Waals surface area contributed by atoms with Gasteiger partial charge in [0.05, 0.1) is 19.4 Å². The number of carboxylic acids is 1. The first-order valence-corrected chi connectivity index (χ1v) is 6.88. The third kappa shape index (κ3) is 8.42. The lowest BCUT2D eigenvalue weighted by Crippen LogP contribution is -2.50. The molecule has 1 atom stereocenters. The van der Waals surface area contributed by atoms with Crippen molar-refractivity contribution in [2.45, 2.75) is 18.4 Å². The fourth-order valence-electron chi connectivity index (χ4n) is 1.54. The van der Waals surface area contributed by atoms with Crippen LogP contribution in [0.2, 0.25) is 0 Å². The van der Waals surface area contributed by atoms with Crippen LogP contribution in [-0.4, -0.2) is 73.2 Å². The molecule has 0 fully saturated rings. The van der Waals surface area contributed by atoms with Crippen molar-refractivity contribution in [2.75, 3.05) is 39.5 Å². The number of nitrogens with two attached hydrogens (primary N) is 2. The maximum atomic E-state index is 12.2. The summed E-state index contributed by atoms with van der Waals surface area (Å²) in [6.07, 6.45) is -1.56. The second-order valence-electron chi connectivity index (χ2n) is 4.40. The molecule has 0 aromatic carbocycles. The fourth-order valence-corrected chi connectivity index (χ4v) is 1.54. The molecule has 134 valence electrons. The molecule has 0 aliphatic rings. The maximum absolute atomic E-state index is 12.2. The largest absolute Gasteiger partial charge is 0.481 e. The van der Waals surface area contributed by atoms with E-state index < -0.39 is 36.4 Å². The molecule has 0 aromatic heterocycles. The van der Waals surface area contributed by atoms with Crippen molar-refractivity contribution in [1.29, 1.82) is 0 Å². The van der Waals surface area contributed by atoms with E-state index >= 15 is 0 Å². The molecule has 0 aliphatic carbocycles. The Morgan fingerprint density at radius 3 is 2.17 bits per heavy atom. The van der Waals surface area contributed by atoms with E-state index in [2.05, 4.69) is 5.48 Å². The van der Waals surface area contributed by atoms with Gasteiger partial charge in [0.1, 0.15) is 13.2 Å². The van der Waals surface area contributed by atoms with Crippen molar-refractivity contribution in [3.63, 3.8) is 0 Å². The average molecular weight is 337 g/mol. The molecule has 0 rings (SSSR count). The van der Waals surface area contributed by atoms with Crippen molar-refractivity contribution in [3.05, 3.63) is 0 Å². The van der Waals surface area contributed by atoms with Crippen LogP contribution in [0.3, 0.4) is 0 Å². The molecule has 0 amide bonds. The topological polar surface area (TPSA) is 183 Å². The number of carbonyl (C=O) groups is 3. The molecular weight excluding hydrogens is 314 g/mol. The molecule has 0 saturated carbocycles. The van der Waals surface area contributed by atoms with E-state index in [1.165, 1.54) is 0 Å². The van der Waals surface area contributed by atoms with Gasteiger partial charge in [-0.15, -0.1) is 0 Å². The highest BCUT2D eigenvalue weighted by Gasteiger charge is 2.47. The van der Waals surface area contributed by atoms with Gasteiger partial charge in [0.25, 0.3) is 0 Å². The molecule has 0 spiro atoms. The van der Waals surface area contributed by atoms with Gasteiger partial charge in [0, 0.05) is 19.6 Å². The summed E-state index contributed by atoms with van der Waals surface area (Å²) in [5.41, 5.74) is 10.5. The summed E-state index contributed by atoms with van der Waals surface area (Å²) in [6, 6.07) is 0. The summed E-state index contributed by atoms with van der Waals surface area (Å²) >= 11 is 0. The monoisotopic (exact) mass is 337 g/mol. The van der Waals surface area contributed by atoms with Gasteiger partial charge in [-0.2, -0.15) is 5.48 Å². The predicted molar refractivity (Wildman–Crippen MR) is 75.8 cm³/mol. The number of carbonyl (C=O) groups excluding carboxylic acids is 2. The molecule has 11 nitrogen and oxygen atoms in total. The Labute approximate surface area is 132 Å². The highest BCUT2D eigenvalue weighted by atomic mass is 16.7. The molecule has 11 heteroatoms. The first kappa shape index (κ1) is 21.2. The lowest BCUT2D eigenvalue weighted by molar-refractivity contribution is -0.195. The van der Waals surface area contributed by atoms with Crippen LogP contribution in [0, 0.1) is 0 Å². The van der Waals surface area contributed by atoms with E-state index in [1.807, 2.05) is 0 Å². The highest BCUT2D eigenvalue weighted by molar-refractivity contribution is 5.90. The van der Waals surface area contributed by atoms with Crippen molar-refractivity contribution in [3.8, 4) is 0 Å². The molecule has 0 aliphatic heterocycles. The summed E-state index contributed by atoms with van der Waals surface area (Å²) in [5, 5.41) is 17.7. The van der Waals surface area contributed by atoms with Crippen molar-refractivity contribution in [2.24, 2.45) is 11.5 Å². The number of carboxylic acid groups (broad SMARTS) is 1. The van der Waals surface area contributed by atoms with Crippen LogP contribution < -0.4 is 16.9 Å². The Kier molecular flexibility index (Phi) is 10.8. The lowest BCUT2D eigenvalue weighted by atomic mass is 9.95. The molecular formula is C12H23N3O8. The molecule has 0 radical (unpaired) electrons. The number of aliphatic carboxylic acids is 1. The summed E-state index contributed by atoms with van der Waals surface area (Å²) in [6.45, 7) is -0.622. The number of hydrogen-bond acceptors (Lipinski definition) is 10. The summed E-state index contributed by atoms with van der Waals surface area (Å²) in [5.74, 6) is -3.36. The molecule has 0 aromatic rings. The van der Waals surface area contributed by atoms with Crippen LogP contribution in [0.5, 0.6) is 0 Å². The van der Waals surface area contributed by atoms with E-state index in [-0.39, 0.29) is 39.5 Å². The van der Waals surface area contributed by atoms with E-state index in [9.17, 15) is 14.4 Å². The first-order chi connectivity index (χ1) is 10.9. The second-order valence-corrected chi connectivity index (χ2v) is 4.40. The number of aliphatic hydroxyl groups is 1. The minimum atomic E-state index is -2.15. The molecule has 7 N–H and O–H groups in total. The summed E-state index contributed by atoms with van der Waals surface area (Å²) in [4.78, 5) is 40.0. The second kappa shape index (κ2) is 11.7. The fraction of sp³-hybridized carbons (Fsp3) is 0.750. The Morgan fingerprint density at radius 1 is 1.04 bits per heavy atom. The minimum absolute atomic E-state index is 0.0105. The maximum Gasteiger partial charge on any atom is 0.341 e. The van der Waals surface area contributed by atoms with Gasteiger partial charge in [-0.3, -0.25) is 14.4 Å². The molecule has 23 heavy (non-hydrogen) atoms. The lowest BCUT2D eigenvalue weighted by Gasteiger charge is -2.28. The Hall–Kier alpha value is -1.79. The van der Waals surface area contributed by atoms with Crippen LogP contribution >= 0.6 is 0 Å². The van der Waals surface area contributed by atoms with E-state index in [1.54, 1.807) is 0 Å². The molecule has 0 bridgehead atoms. The quantitative estimate of drug-likeness (QED) is 0.132. The van der Waals surface area contributed by atoms with E-state index in [0.717, 1.165) is 0 Å². The number of hydrogen-bond donors (Lipinski definition) is 5. The van der Waals surface area contributed by atoms with Crippen molar-refractivity contribution < 1.29 is 38.9 Å². The van der Waals surface area contributed by atoms with Gasteiger partial charge in [-0.25, -0.2) is 4.79 Å². The number of hydroxylamine groups is 1. The van der Waals surface area contributed by atoms with Gasteiger partial charge < -0.3 is 31.2 Å². The number of esters is 2. The van der Waals surface area contributed by atoms with E-state index in [4.69, 9.17) is 36.0 Å². The predicted octanol–water partition coefficient (Wildman–Crippen LogP) is -2.89. The Bertz CT molecular complexity index is 393. The van der Waals surface area contributed by atoms with Gasteiger partial charge >= 0.3 is 17.9 Å². The third-order valence-corrected chi connectivity index (χ3v) is 2.45. The van der Waals surface area contributed by atoms with E-state index in [0.29, 0.717) is 0 Å². The van der Waals surface area contributed by atoms with Gasteiger partial charge in [0.15, 0.2) is 0 Å². The normalized spacial score (nSPS) is 13.2. The zero-order chi connectivity index (χ0) is 17.7. The van der Waals surface area contributed by atoms with Crippen LogP contribution in [-0.2, 0) is 28.7 Å². The Morgan fingerprint density at radius 2 is 1.65 bits per heavy atom. The van der Waals surface area contributed by atoms with Crippen LogP contribution in [0.15, 0.2) is 0 Å². The molecule has 0 heterocycles. The zero-order valence-corrected chi connectivity index (χ0v) is 12.7. The SMILES string of the molecule is NCCOC(=O)CC(CC(=O)O)(ONCCO)C(=O)OCCN. The average Bonchev–Trinajstić information content (AvgIpc) is 2.49.